The molecule has 0 aromatic heterocycles. The van der Waals surface area contributed by atoms with Crippen LogP contribution >= 0.6 is 0 Å². The highest BCUT2D eigenvalue weighted by Gasteiger charge is 2.63. The Morgan fingerprint density at radius 2 is 1.90 bits per heavy atom. The molecule has 0 aliphatic heterocycles. The number of carbonyl (C=O) groups is 1. The first kappa shape index (κ1) is 13.8. The summed E-state index contributed by atoms with van der Waals surface area (Å²) in [6.45, 7) is 2.54. The highest BCUT2D eigenvalue weighted by Crippen LogP contribution is 2.71. The van der Waals surface area contributed by atoms with Crippen LogP contribution in [0.15, 0.2) is 12.2 Å². The van der Waals surface area contributed by atoms with E-state index in [2.05, 4.69) is 19.1 Å². The molecular formula is C19H28O2. The predicted molar refractivity (Wildman–Crippen MR) is 82.8 cm³/mol. The molecule has 4 bridgehead atoms. The first-order valence-corrected chi connectivity index (χ1v) is 8.98. The lowest BCUT2D eigenvalue weighted by Gasteiger charge is -2.43. The van der Waals surface area contributed by atoms with Gasteiger partial charge in [0.15, 0.2) is 0 Å². The first-order valence-electron chi connectivity index (χ1n) is 8.98. The SMILES string of the molecule is CC1(CCCCCC(=O)O)CC2CC1C1C3C=CC(C3)C21. The van der Waals surface area contributed by atoms with Crippen molar-refractivity contribution >= 4 is 5.97 Å². The monoisotopic (exact) mass is 288 g/mol. The fourth-order valence-corrected chi connectivity index (χ4v) is 6.76. The van der Waals surface area contributed by atoms with Gasteiger partial charge in [0.05, 0.1) is 0 Å². The fraction of sp³-hybridized carbons (Fsp3) is 0.842. The molecule has 116 valence electrons. The van der Waals surface area contributed by atoms with Crippen LogP contribution in [0.2, 0.25) is 0 Å². The molecule has 4 rings (SSSR count). The van der Waals surface area contributed by atoms with Crippen LogP contribution in [-0.2, 0) is 4.79 Å². The summed E-state index contributed by atoms with van der Waals surface area (Å²) in [4.78, 5) is 10.6. The van der Waals surface area contributed by atoms with E-state index < -0.39 is 5.97 Å². The first-order chi connectivity index (χ1) is 10.1. The minimum Gasteiger partial charge on any atom is -0.481 e. The Morgan fingerprint density at radius 1 is 1.14 bits per heavy atom. The van der Waals surface area contributed by atoms with Crippen molar-refractivity contribution < 1.29 is 9.90 Å². The van der Waals surface area contributed by atoms with Gasteiger partial charge in [-0.05, 0) is 73.0 Å². The molecule has 0 radical (unpaired) electrons. The van der Waals surface area contributed by atoms with E-state index in [-0.39, 0.29) is 0 Å². The molecule has 4 aliphatic rings. The van der Waals surface area contributed by atoms with Gasteiger partial charge in [-0.2, -0.15) is 0 Å². The minimum atomic E-state index is -0.641. The molecule has 2 nitrogen and oxygen atoms in total. The number of unbranched alkanes of at least 4 members (excludes halogenated alkanes) is 2. The topological polar surface area (TPSA) is 37.3 Å². The van der Waals surface area contributed by atoms with Gasteiger partial charge in [-0.3, -0.25) is 4.79 Å². The normalized spacial score (nSPS) is 49.0. The van der Waals surface area contributed by atoms with Crippen molar-refractivity contribution in [1.82, 2.24) is 0 Å². The molecule has 0 aromatic rings. The van der Waals surface area contributed by atoms with Gasteiger partial charge in [0, 0.05) is 6.42 Å². The zero-order valence-corrected chi connectivity index (χ0v) is 13.1. The molecule has 3 saturated carbocycles. The Hall–Kier alpha value is -0.790. The lowest BCUT2D eigenvalue weighted by atomic mass is 9.61. The summed E-state index contributed by atoms with van der Waals surface area (Å²) < 4.78 is 0. The third-order valence-corrected chi connectivity index (χ3v) is 7.41. The van der Waals surface area contributed by atoms with Crippen molar-refractivity contribution in [3.8, 4) is 0 Å². The van der Waals surface area contributed by atoms with Gasteiger partial charge in [-0.1, -0.05) is 31.9 Å². The highest BCUT2D eigenvalue weighted by atomic mass is 16.4. The Kier molecular flexibility index (Phi) is 3.20. The molecule has 4 aliphatic carbocycles. The lowest BCUT2D eigenvalue weighted by Crippen LogP contribution is -2.37. The summed E-state index contributed by atoms with van der Waals surface area (Å²) in [6, 6.07) is 0. The second-order valence-electron chi connectivity index (χ2n) is 8.52. The van der Waals surface area contributed by atoms with Gasteiger partial charge in [0.2, 0.25) is 0 Å². The molecular weight excluding hydrogens is 260 g/mol. The Labute approximate surface area is 128 Å². The molecule has 0 heterocycles. The summed E-state index contributed by atoms with van der Waals surface area (Å²) in [5.74, 6) is 5.19. The van der Waals surface area contributed by atoms with E-state index in [0.717, 1.165) is 48.3 Å². The number of fused-ring (bicyclic) bond motifs is 9. The van der Waals surface area contributed by atoms with Crippen LogP contribution in [0.4, 0.5) is 0 Å². The van der Waals surface area contributed by atoms with Crippen LogP contribution in [0.1, 0.15) is 58.3 Å². The van der Waals surface area contributed by atoms with E-state index in [9.17, 15) is 4.79 Å². The van der Waals surface area contributed by atoms with E-state index in [1.165, 1.54) is 32.1 Å². The average molecular weight is 288 g/mol. The number of allylic oxidation sites excluding steroid dienone is 2. The van der Waals surface area contributed by atoms with Gasteiger partial charge < -0.3 is 5.11 Å². The van der Waals surface area contributed by atoms with Gasteiger partial charge in [0.25, 0.3) is 0 Å². The number of hydrogen-bond acceptors (Lipinski definition) is 1. The predicted octanol–water partition coefficient (Wildman–Crippen LogP) is 4.51. The average Bonchev–Trinajstić information content (AvgIpc) is 3.14. The van der Waals surface area contributed by atoms with Crippen molar-refractivity contribution in [2.24, 2.45) is 40.9 Å². The van der Waals surface area contributed by atoms with Crippen LogP contribution in [0, 0.1) is 40.9 Å². The minimum absolute atomic E-state index is 0.349. The Balaban J connectivity index is 1.35. The van der Waals surface area contributed by atoms with Gasteiger partial charge >= 0.3 is 5.97 Å². The molecule has 0 spiro atoms. The smallest absolute Gasteiger partial charge is 0.303 e. The zero-order chi connectivity index (χ0) is 14.6. The molecule has 0 saturated heterocycles. The van der Waals surface area contributed by atoms with Gasteiger partial charge in [-0.15, -0.1) is 0 Å². The number of rotatable bonds is 6. The fourth-order valence-electron chi connectivity index (χ4n) is 6.76. The summed E-state index contributed by atoms with van der Waals surface area (Å²) in [5, 5.41) is 8.72. The van der Waals surface area contributed by atoms with Crippen LogP contribution in [0.5, 0.6) is 0 Å². The maximum Gasteiger partial charge on any atom is 0.303 e. The number of carboxylic acid groups (broad SMARTS) is 1. The van der Waals surface area contributed by atoms with E-state index in [1.54, 1.807) is 0 Å². The second-order valence-corrected chi connectivity index (χ2v) is 8.52. The quantitative estimate of drug-likeness (QED) is 0.444. The largest absolute Gasteiger partial charge is 0.481 e. The summed E-state index contributed by atoms with van der Waals surface area (Å²) in [6.07, 6.45) is 14.3. The summed E-state index contributed by atoms with van der Waals surface area (Å²) >= 11 is 0. The number of carboxylic acids is 1. The lowest BCUT2D eigenvalue weighted by molar-refractivity contribution is -0.137. The van der Waals surface area contributed by atoms with E-state index in [0.29, 0.717) is 11.8 Å². The molecule has 2 heteroatoms. The molecule has 7 atom stereocenters. The molecule has 0 aromatic carbocycles. The van der Waals surface area contributed by atoms with Crippen molar-refractivity contribution in [3.05, 3.63) is 12.2 Å². The van der Waals surface area contributed by atoms with E-state index in [1.807, 2.05) is 0 Å². The molecule has 0 amide bonds. The van der Waals surface area contributed by atoms with Crippen LogP contribution < -0.4 is 0 Å². The van der Waals surface area contributed by atoms with E-state index in [4.69, 9.17) is 5.11 Å². The van der Waals surface area contributed by atoms with Gasteiger partial charge in [-0.25, -0.2) is 0 Å². The highest BCUT2D eigenvalue weighted by molar-refractivity contribution is 5.66. The van der Waals surface area contributed by atoms with Crippen molar-refractivity contribution in [1.29, 1.82) is 0 Å². The van der Waals surface area contributed by atoms with Crippen molar-refractivity contribution in [3.63, 3.8) is 0 Å². The number of hydrogen-bond donors (Lipinski definition) is 1. The molecule has 3 fully saturated rings. The van der Waals surface area contributed by atoms with Crippen LogP contribution in [-0.4, -0.2) is 11.1 Å². The summed E-state index contributed by atoms with van der Waals surface area (Å²) in [5.41, 5.74) is 0.563. The number of aliphatic carboxylic acids is 1. The van der Waals surface area contributed by atoms with Gasteiger partial charge in [0.1, 0.15) is 0 Å². The maximum absolute atomic E-state index is 10.6. The van der Waals surface area contributed by atoms with Crippen LogP contribution in [0.3, 0.4) is 0 Å². The molecule has 7 unspecified atom stereocenters. The van der Waals surface area contributed by atoms with Crippen molar-refractivity contribution in [2.45, 2.75) is 58.3 Å². The third-order valence-electron chi connectivity index (χ3n) is 7.41. The van der Waals surface area contributed by atoms with Crippen LogP contribution in [0.25, 0.3) is 0 Å². The maximum atomic E-state index is 10.6. The summed E-state index contributed by atoms with van der Waals surface area (Å²) in [7, 11) is 0. The standard InChI is InChI=1S/C19H28O2/c1-19(8-4-2-3-5-16(20)21)11-14-10-15(19)18-13-7-6-12(9-13)17(14)18/h6-7,12-15,17-18H,2-5,8-11H2,1H3,(H,20,21). The molecule has 1 N–H and O–H groups in total. The Bertz CT molecular complexity index is 468. The third kappa shape index (κ3) is 2.09. The Morgan fingerprint density at radius 3 is 2.67 bits per heavy atom. The van der Waals surface area contributed by atoms with E-state index >= 15 is 0 Å². The second kappa shape index (κ2) is 4.86. The zero-order valence-electron chi connectivity index (χ0n) is 13.1. The molecule has 21 heavy (non-hydrogen) atoms. The van der Waals surface area contributed by atoms with Crippen molar-refractivity contribution in [2.75, 3.05) is 0 Å².